The van der Waals surface area contributed by atoms with Crippen molar-refractivity contribution in [2.45, 2.75) is 19.1 Å². The largest absolute Gasteiger partial charge is 0.480 e. The molecule has 0 bridgehead atoms. The summed E-state index contributed by atoms with van der Waals surface area (Å²) < 4.78 is 5.02. The van der Waals surface area contributed by atoms with Crippen LogP contribution in [-0.2, 0) is 22.6 Å². The fourth-order valence-electron chi connectivity index (χ4n) is 1.74. The summed E-state index contributed by atoms with van der Waals surface area (Å²) in [5.41, 5.74) is 0.845. The Morgan fingerprint density at radius 3 is 2.57 bits per heavy atom. The van der Waals surface area contributed by atoms with E-state index in [4.69, 9.17) is 9.84 Å². The highest BCUT2D eigenvalue weighted by atomic mass is 32.1. The Kier molecular flexibility index (Phi) is 5.34. The fourth-order valence-corrected chi connectivity index (χ4v) is 2.49. The van der Waals surface area contributed by atoms with Crippen LogP contribution in [0.3, 0.4) is 0 Å². The summed E-state index contributed by atoms with van der Waals surface area (Å²) >= 11 is 1.45. The van der Waals surface area contributed by atoms with Crippen LogP contribution < -0.4 is 5.32 Å². The van der Waals surface area contributed by atoms with E-state index in [0.29, 0.717) is 0 Å². The SMILES string of the molecule is O=C(N[C@@H](Cc1cccs1)C(=O)O)OCc1ccccc1. The van der Waals surface area contributed by atoms with Gasteiger partial charge in [-0.15, -0.1) is 11.3 Å². The van der Waals surface area contributed by atoms with Crippen molar-refractivity contribution in [3.63, 3.8) is 0 Å². The van der Waals surface area contributed by atoms with E-state index in [0.717, 1.165) is 10.4 Å². The molecule has 1 amide bonds. The number of nitrogens with one attached hydrogen (secondary N) is 1. The molecular formula is C15H15NO4S. The lowest BCUT2D eigenvalue weighted by Gasteiger charge is -2.13. The summed E-state index contributed by atoms with van der Waals surface area (Å²) in [6.45, 7) is 0.109. The second kappa shape index (κ2) is 7.44. The Morgan fingerprint density at radius 1 is 1.19 bits per heavy atom. The molecule has 5 nitrogen and oxygen atoms in total. The van der Waals surface area contributed by atoms with Crippen LogP contribution in [0.2, 0.25) is 0 Å². The van der Waals surface area contributed by atoms with Gasteiger partial charge in [0.15, 0.2) is 0 Å². The summed E-state index contributed by atoms with van der Waals surface area (Å²) in [6, 6.07) is 11.9. The molecule has 2 rings (SSSR count). The van der Waals surface area contributed by atoms with E-state index in [1.807, 2.05) is 47.8 Å². The van der Waals surface area contributed by atoms with Gasteiger partial charge >= 0.3 is 12.1 Å². The van der Waals surface area contributed by atoms with Gasteiger partial charge in [0, 0.05) is 11.3 Å². The number of carboxylic acids is 1. The lowest BCUT2D eigenvalue weighted by molar-refractivity contribution is -0.139. The number of alkyl carbamates (subject to hydrolysis) is 1. The van der Waals surface area contributed by atoms with Crippen molar-refractivity contribution in [3.05, 3.63) is 58.3 Å². The Bertz CT molecular complexity index is 583. The zero-order valence-electron chi connectivity index (χ0n) is 11.2. The summed E-state index contributed by atoms with van der Waals surface area (Å²) in [7, 11) is 0. The maximum absolute atomic E-state index is 11.7. The molecule has 0 saturated carbocycles. The lowest BCUT2D eigenvalue weighted by atomic mass is 10.2. The Hall–Kier alpha value is -2.34. The number of carboxylic acid groups (broad SMARTS) is 1. The van der Waals surface area contributed by atoms with Crippen LogP contribution in [0.4, 0.5) is 4.79 Å². The van der Waals surface area contributed by atoms with Crippen molar-refractivity contribution in [1.82, 2.24) is 5.32 Å². The second-order valence-corrected chi connectivity index (χ2v) is 5.41. The maximum Gasteiger partial charge on any atom is 0.408 e. The zero-order chi connectivity index (χ0) is 15.1. The number of amides is 1. The van der Waals surface area contributed by atoms with E-state index in [1.165, 1.54) is 11.3 Å². The van der Waals surface area contributed by atoms with Gasteiger partial charge in [-0.1, -0.05) is 36.4 Å². The predicted octanol–water partition coefficient (Wildman–Crippen LogP) is 2.67. The first-order valence-electron chi connectivity index (χ1n) is 6.37. The van der Waals surface area contributed by atoms with Crippen molar-refractivity contribution >= 4 is 23.4 Å². The number of thiophene rings is 1. The smallest absolute Gasteiger partial charge is 0.408 e. The van der Waals surface area contributed by atoms with Crippen LogP contribution >= 0.6 is 11.3 Å². The summed E-state index contributed by atoms with van der Waals surface area (Å²) in [6.07, 6.45) is -0.490. The summed E-state index contributed by atoms with van der Waals surface area (Å²) in [5, 5.41) is 13.4. The van der Waals surface area contributed by atoms with Crippen LogP contribution in [0.1, 0.15) is 10.4 Å². The number of ether oxygens (including phenoxy) is 1. The average molecular weight is 305 g/mol. The molecule has 1 aromatic carbocycles. The van der Waals surface area contributed by atoms with E-state index < -0.39 is 18.1 Å². The first-order chi connectivity index (χ1) is 10.1. The van der Waals surface area contributed by atoms with Crippen molar-refractivity contribution in [1.29, 1.82) is 0 Å². The highest BCUT2D eigenvalue weighted by molar-refractivity contribution is 7.09. The van der Waals surface area contributed by atoms with Crippen molar-refractivity contribution < 1.29 is 19.4 Å². The van der Waals surface area contributed by atoms with Crippen LogP contribution in [0.15, 0.2) is 47.8 Å². The topological polar surface area (TPSA) is 75.6 Å². The normalized spacial score (nSPS) is 11.6. The molecule has 0 unspecified atom stereocenters. The first kappa shape index (κ1) is 15.1. The molecule has 1 heterocycles. The average Bonchev–Trinajstić information content (AvgIpc) is 2.98. The highest BCUT2D eigenvalue weighted by Crippen LogP contribution is 2.11. The minimum absolute atomic E-state index is 0.109. The number of carbonyl (C=O) groups excluding carboxylic acids is 1. The molecule has 0 aliphatic heterocycles. The first-order valence-corrected chi connectivity index (χ1v) is 7.25. The van der Waals surface area contributed by atoms with Gasteiger partial charge in [0.05, 0.1) is 0 Å². The van der Waals surface area contributed by atoms with Crippen molar-refractivity contribution in [3.8, 4) is 0 Å². The third-order valence-corrected chi connectivity index (χ3v) is 3.69. The van der Waals surface area contributed by atoms with Crippen LogP contribution in [0.25, 0.3) is 0 Å². The fraction of sp³-hybridized carbons (Fsp3) is 0.200. The van der Waals surface area contributed by atoms with Crippen molar-refractivity contribution in [2.75, 3.05) is 0 Å². The van der Waals surface area contributed by atoms with E-state index >= 15 is 0 Å². The summed E-state index contributed by atoms with van der Waals surface area (Å²) in [5.74, 6) is -1.08. The van der Waals surface area contributed by atoms with Gasteiger partial charge in [0.2, 0.25) is 0 Å². The molecule has 6 heteroatoms. The molecular weight excluding hydrogens is 290 g/mol. The molecule has 21 heavy (non-hydrogen) atoms. The molecule has 0 spiro atoms. The Balaban J connectivity index is 1.85. The van der Waals surface area contributed by atoms with E-state index in [2.05, 4.69) is 5.32 Å². The van der Waals surface area contributed by atoms with E-state index in [1.54, 1.807) is 0 Å². The third-order valence-electron chi connectivity index (χ3n) is 2.79. The Morgan fingerprint density at radius 2 is 1.95 bits per heavy atom. The lowest BCUT2D eigenvalue weighted by Crippen LogP contribution is -2.42. The van der Waals surface area contributed by atoms with Gasteiger partial charge in [-0.25, -0.2) is 9.59 Å². The van der Waals surface area contributed by atoms with Gasteiger partial charge in [-0.3, -0.25) is 0 Å². The molecule has 1 atom stereocenters. The number of benzene rings is 1. The van der Waals surface area contributed by atoms with Crippen LogP contribution in [-0.4, -0.2) is 23.2 Å². The molecule has 1 aromatic heterocycles. The highest BCUT2D eigenvalue weighted by Gasteiger charge is 2.21. The zero-order valence-corrected chi connectivity index (χ0v) is 12.0. The van der Waals surface area contributed by atoms with Gasteiger partial charge in [0.1, 0.15) is 12.6 Å². The molecule has 2 N–H and O–H groups in total. The van der Waals surface area contributed by atoms with Gasteiger partial charge in [0.25, 0.3) is 0 Å². The van der Waals surface area contributed by atoms with Gasteiger partial charge in [-0.2, -0.15) is 0 Å². The minimum Gasteiger partial charge on any atom is -0.480 e. The van der Waals surface area contributed by atoms with Gasteiger partial charge in [-0.05, 0) is 17.0 Å². The van der Waals surface area contributed by atoms with Crippen molar-refractivity contribution in [2.24, 2.45) is 0 Å². The number of carbonyl (C=O) groups is 2. The monoisotopic (exact) mass is 305 g/mol. The number of rotatable bonds is 6. The van der Waals surface area contributed by atoms with E-state index in [9.17, 15) is 9.59 Å². The molecule has 0 saturated heterocycles. The predicted molar refractivity (Wildman–Crippen MR) is 79.2 cm³/mol. The van der Waals surface area contributed by atoms with Gasteiger partial charge < -0.3 is 15.2 Å². The molecule has 0 radical (unpaired) electrons. The number of hydrogen-bond donors (Lipinski definition) is 2. The molecule has 2 aromatic rings. The number of hydrogen-bond acceptors (Lipinski definition) is 4. The van der Waals surface area contributed by atoms with Crippen LogP contribution in [0.5, 0.6) is 0 Å². The molecule has 110 valence electrons. The second-order valence-electron chi connectivity index (χ2n) is 4.38. The standard InChI is InChI=1S/C15H15NO4S/c17-14(18)13(9-12-7-4-8-21-12)16-15(19)20-10-11-5-2-1-3-6-11/h1-8,13H,9-10H2,(H,16,19)(H,17,18)/t13-/m0/s1. The molecule has 0 aliphatic rings. The molecule has 0 fully saturated rings. The van der Waals surface area contributed by atoms with Crippen LogP contribution in [0, 0.1) is 0 Å². The number of aliphatic carboxylic acids is 1. The maximum atomic E-state index is 11.7. The summed E-state index contributed by atoms with van der Waals surface area (Å²) in [4.78, 5) is 23.7. The molecule has 0 aliphatic carbocycles. The Labute approximate surface area is 126 Å². The third kappa shape index (κ3) is 4.92. The van der Waals surface area contributed by atoms with E-state index in [-0.39, 0.29) is 13.0 Å². The minimum atomic E-state index is -1.08. The quantitative estimate of drug-likeness (QED) is 0.860.